The zero-order chi connectivity index (χ0) is 14.3. The number of nitrogens with one attached hydrogen (secondary N) is 2. The number of rotatable bonds is 6. The van der Waals surface area contributed by atoms with E-state index < -0.39 is 0 Å². The van der Waals surface area contributed by atoms with Crippen LogP contribution in [0.15, 0.2) is 24.3 Å². The maximum Gasteiger partial charge on any atom is 0.275 e. The highest BCUT2D eigenvalue weighted by molar-refractivity contribution is 6.31. The standard InChI is InChI=1S/C13H18ClN3O2/c1-9(10-5-3-4-6-11(10)14)16-8-13(19)17-7-12(18)15-2/h3-6,9,16H,7-8H2,1-2H3,(H,15,18)(H,17,19)/p+1/t9-/m1/s1. The third-order valence-electron chi connectivity index (χ3n) is 2.78. The van der Waals surface area contributed by atoms with Crippen molar-refractivity contribution in [3.05, 3.63) is 34.9 Å². The minimum Gasteiger partial charge on any atom is -0.358 e. The van der Waals surface area contributed by atoms with Gasteiger partial charge in [0.15, 0.2) is 6.54 Å². The monoisotopic (exact) mass is 284 g/mol. The molecule has 0 spiro atoms. The molecule has 0 aliphatic rings. The molecule has 0 aromatic heterocycles. The first-order valence-corrected chi connectivity index (χ1v) is 6.47. The molecule has 0 bridgehead atoms. The number of likely N-dealkylation sites (N-methyl/N-ethyl adjacent to an activating group) is 1. The summed E-state index contributed by atoms with van der Waals surface area (Å²) in [5, 5.41) is 7.54. The van der Waals surface area contributed by atoms with Crippen LogP contribution in [0.4, 0.5) is 0 Å². The van der Waals surface area contributed by atoms with Crippen LogP contribution in [-0.2, 0) is 9.59 Å². The number of carbonyl (C=O) groups excluding carboxylic acids is 2. The number of nitrogens with two attached hydrogens (primary N) is 1. The van der Waals surface area contributed by atoms with E-state index >= 15 is 0 Å². The van der Waals surface area contributed by atoms with E-state index in [2.05, 4.69) is 10.6 Å². The number of hydrogen-bond donors (Lipinski definition) is 3. The lowest BCUT2D eigenvalue weighted by Crippen LogP contribution is -2.87. The van der Waals surface area contributed by atoms with Crippen LogP contribution in [-0.4, -0.2) is 32.0 Å². The summed E-state index contributed by atoms with van der Waals surface area (Å²) in [6.45, 7) is 2.24. The molecule has 0 heterocycles. The Morgan fingerprint density at radius 3 is 2.63 bits per heavy atom. The average molecular weight is 285 g/mol. The molecule has 0 radical (unpaired) electrons. The minimum atomic E-state index is -0.215. The summed E-state index contributed by atoms with van der Waals surface area (Å²) >= 11 is 6.08. The number of carbonyl (C=O) groups is 2. The molecule has 1 aromatic carbocycles. The van der Waals surface area contributed by atoms with Crippen LogP contribution in [0.3, 0.4) is 0 Å². The van der Waals surface area contributed by atoms with Gasteiger partial charge in [-0.15, -0.1) is 0 Å². The average Bonchev–Trinajstić information content (AvgIpc) is 2.42. The summed E-state index contributed by atoms with van der Waals surface area (Å²) < 4.78 is 0. The van der Waals surface area contributed by atoms with Gasteiger partial charge in [-0.05, 0) is 13.0 Å². The van der Waals surface area contributed by atoms with Crippen molar-refractivity contribution in [1.82, 2.24) is 10.6 Å². The van der Waals surface area contributed by atoms with Gasteiger partial charge < -0.3 is 16.0 Å². The fraction of sp³-hybridized carbons (Fsp3) is 0.385. The van der Waals surface area contributed by atoms with Gasteiger partial charge in [0.1, 0.15) is 6.04 Å². The van der Waals surface area contributed by atoms with Crippen molar-refractivity contribution in [2.45, 2.75) is 13.0 Å². The van der Waals surface area contributed by atoms with Crippen molar-refractivity contribution >= 4 is 23.4 Å². The maximum absolute atomic E-state index is 11.5. The third-order valence-corrected chi connectivity index (χ3v) is 3.12. The van der Waals surface area contributed by atoms with Gasteiger partial charge in [0.25, 0.3) is 5.91 Å². The first-order valence-electron chi connectivity index (χ1n) is 6.09. The molecule has 1 atom stereocenters. The third kappa shape index (κ3) is 5.28. The van der Waals surface area contributed by atoms with Crippen LogP contribution in [0, 0.1) is 0 Å². The van der Waals surface area contributed by atoms with Gasteiger partial charge in [0.2, 0.25) is 5.91 Å². The maximum atomic E-state index is 11.5. The summed E-state index contributed by atoms with van der Waals surface area (Å²) in [7, 11) is 1.53. The predicted molar refractivity (Wildman–Crippen MR) is 73.7 cm³/mol. The second-order valence-corrected chi connectivity index (χ2v) is 4.61. The summed E-state index contributed by atoms with van der Waals surface area (Å²) in [5.74, 6) is -0.394. The topological polar surface area (TPSA) is 74.8 Å². The van der Waals surface area contributed by atoms with Gasteiger partial charge in [-0.3, -0.25) is 9.59 Å². The summed E-state index contributed by atoms with van der Waals surface area (Å²) in [6, 6.07) is 7.63. The van der Waals surface area contributed by atoms with E-state index in [1.165, 1.54) is 7.05 Å². The Labute approximate surface area is 117 Å². The van der Waals surface area contributed by atoms with Gasteiger partial charge in [-0.2, -0.15) is 0 Å². The van der Waals surface area contributed by atoms with Gasteiger partial charge in [0, 0.05) is 17.6 Å². The Morgan fingerprint density at radius 2 is 2.00 bits per heavy atom. The molecule has 19 heavy (non-hydrogen) atoms. The van der Waals surface area contributed by atoms with Gasteiger partial charge >= 0.3 is 0 Å². The highest BCUT2D eigenvalue weighted by Crippen LogP contribution is 2.19. The normalized spacial score (nSPS) is 11.7. The van der Waals surface area contributed by atoms with Crippen molar-refractivity contribution in [2.24, 2.45) is 0 Å². The zero-order valence-corrected chi connectivity index (χ0v) is 11.8. The van der Waals surface area contributed by atoms with Gasteiger partial charge in [-0.1, -0.05) is 29.8 Å². The van der Waals surface area contributed by atoms with Crippen molar-refractivity contribution in [3.63, 3.8) is 0 Å². The highest BCUT2D eigenvalue weighted by atomic mass is 35.5. The number of benzene rings is 1. The van der Waals surface area contributed by atoms with Crippen molar-refractivity contribution in [2.75, 3.05) is 20.1 Å². The van der Waals surface area contributed by atoms with E-state index in [1.54, 1.807) is 0 Å². The molecule has 1 rings (SSSR count). The lowest BCUT2D eigenvalue weighted by molar-refractivity contribution is -0.682. The largest absolute Gasteiger partial charge is 0.358 e. The van der Waals surface area contributed by atoms with E-state index in [-0.39, 0.29) is 30.9 Å². The predicted octanol–water partition coefficient (Wildman–Crippen LogP) is -0.173. The first-order chi connectivity index (χ1) is 9.04. The second kappa shape index (κ2) is 7.76. The number of amides is 2. The van der Waals surface area contributed by atoms with Crippen LogP contribution >= 0.6 is 11.6 Å². The summed E-state index contributed by atoms with van der Waals surface area (Å²) in [6.07, 6.45) is 0. The van der Waals surface area contributed by atoms with Crippen molar-refractivity contribution < 1.29 is 14.9 Å². The fourth-order valence-corrected chi connectivity index (χ4v) is 1.90. The second-order valence-electron chi connectivity index (χ2n) is 4.20. The molecule has 0 unspecified atom stereocenters. The van der Waals surface area contributed by atoms with E-state index in [0.717, 1.165) is 5.56 Å². The molecule has 0 saturated heterocycles. The first kappa shape index (κ1) is 15.5. The smallest absolute Gasteiger partial charge is 0.275 e. The van der Waals surface area contributed by atoms with E-state index in [0.29, 0.717) is 5.02 Å². The molecule has 1 aromatic rings. The Balaban J connectivity index is 2.38. The van der Waals surface area contributed by atoms with Gasteiger partial charge in [-0.25, -0.2) is 0 Å². The highest BCUT2D eigenvalue weighted by Gasteiger charge is 2.14. The molecular weight excluding hydrogens is 266 g/mol. The van der Waals surface area contributed by atoms with Crippen LogP contribution in [0.25, 0.3) is 0 Å². The molecule has 5 nitrogen and oxygen atoms in total. The van der Waals surface area contributed by atoms with E-state index in [4.69, 9.17) is 11.6 Å². The molecule has 0 aliphatic heterocycles. The molecule has 104 valence electrons. The van der Waals surface area contributed by atoms with Crippen LogP contribution in [0.1, 0.15) is 18.5 Å². The minimum absolute atomic E-state index is 0.00362. The molecule has 0 fully saturated rings. The van der Waals surface area contributed by atoms with Gasteiger partial charge in [0.05, 0.1) is 6.54 Å². The SMILES string of the molecule is CNC(=O)CNC(=O)C[NH2+][C@H](C)c1ccccc1Cl. The lowest BCUT2D eigenvalue weighted by atomic mass is 10.1. The van der Waals surface area contributed by atoms with E-state index in [9.17, 15) is 9.59 Å². The summed E-state index contributed by atoms with van der Waals surface area (Å²) in [5.41, 5.74) is 0.989. The molecule has 0 saturated carbocycles. The molecule has 6 heteroatoms. The fourth-order valence-electron chi connectivity index (χ4n) is 1.59. The lowest BCUT2D eigenvalue weighted by Gasteiger charge is -2.12. The molecular formula is C13H19ClN3O2+. The van der Waals surface area contributed by atoms with Crippen molar-refractivity contribution in [1.29, 1.82) is 0 Å². The Hall–Kier alpha value is -1.59. The van der Waals surface area contributed by atoms with Crippen LogP contribution in [0.2, 0.25) is 5.02 Å². The van der Waals surface area contributed by atoms with Crippen LogP contribution < -0.4 is 16.0 Å². The Kier molecular flexibility index (Phi) is 6.32. The molecule has 0 aliphatic carbocycles. The molecule has 2 amide bonds. The quantitative estimate of drug-likeness (QED) is 0.678. The summed E-state index contributed by atoms with van der Waals surface area (Å²) in [4.78, 5) is 22.5. The van der Waals surface area contributed by atoms with Crippen molar-refractivity contribution in [3.8, 4) is 0 Å². The Morgan fingerprint density at radius 1 is 1.32 bits per heavy atom. The number of quaternary nitrogens is 1. The Bertz CT molecular complexity index is 451. The zero-order valence-electron chi connectivity index (χ0n) is 11.1. The number of halogens is 1. The molecule has 4 N–H and O–H groups in total. The number of hydrogen-bond acceptors (Lipinski definition) is 2. The van der Waals surface area contributed by atoms with E-state index in [1.807, 2.05) is 36.5 Å². The van der Waals surface area contributed by atoms with Crippen LogP contribution in [0.5, 0.6) is 0 Å².